The number of carbonyl (C=O) groups is 1. The summed E-state index contributed by atoms with van der Waals surface area (Å²) in [5.74, 6) is -0.160. The number of hydrogen-bond acceptors (Lipinski definition) is 3. The van der Waals surface area contributed by atoms with Crippen molar-refractivity contribution in [3.63, 3.8) is 0 Å². The van der Waals surface area contributed by atoms with Crippen LogP contribution >= 0.6 is 0 Å². The van der Waals surface area contributed by atoms with Gasteiger partial charge in [0.2, 0.25) is 0 Å². The Morgan fingerprint density at radius 3 is 2.20 bits per heavy atom. The number of nitrogens with zero attached hydrogens (tertiary/aromatic N) is 1. The van der Waals surface area contributed by atoms with Crippen LogP contribution in [0.2, 0.25) is 0 Å². The minimum absolute atomic E-state index is 0.00193. The van der Waals surface area contributed by atoms with E-state index >= 15 is 0 Å². The Balaban J connectivity index is 2.06. The zero-order valence-corrected chi connectivity index (χ0v) is 12.7. The van der Waals surface area contributed by atoms with Crippen molar-refractivity contribution < 1.29 is 4.79 Å². The molecule has 20 heavy (non-hydrogen) atoms. The molecule has 0 aliphatic carbocycles. The highest BCUT2D eigenvalue weighted by Crippen LogP contribution is 2.26. The van der Waals surface area contributed by atoms with Crippen molar-refractivity contribution in [3.05, 3.63) is 35.9 Å². The lowest BCUT2D eigenvalue weighted by molar-refractivity contribution is 0.0953. The molecule has 1 aromatic rings. The first-order valence-electron chi connectivity index (χ1n) is 6.98. The Labute approximate surface area is 120 Å². The topological polar surface area (TPSA) is 53.5 Å². The highest BCUT2D eigenvalue weighted by atomic mass is 16.2. The Kier molecular flexibility index (Phi) is 3.95. The molecule has 1 saturated heterocycles. The van der Waals surface area contributed by atoms with Crippen molar-refractivity contribution in [1.82, 2.24) is 10.7 Å². The lowest BCUT2D eigenvalue weighted by Crippen LogP contribution is -2.58. The van der Waals surface area contributed by atoms with Gasteiger partial charge in [-0.05, 0) is 39.8 Å². The first-order chi connectivity index (χ1) is 9.27. The van der Waals surface area contributed by atoms with Crippen LogP contribution < -0.4 is 10.7 Å². The maximum Gasteiger partial charge on any atom is 0.271 e. The number of carbonyl (C=O) groups excluding carboxylic acids is 1. The van der Waals surface area contributed by atoms with E-state index < -0.39 is 0 Å². The number of benzene rings is 1. The number of hydrazone groups is 1. The molecule has 2 N–H and O–H groups in total. The third-order valence-corrected chi connectivity index (χ3v) is 3.32. The summed E-state index contributed by atoms with van der Waals surface area (Å²) in [6.45, 7) is 8.62. The largest absolute Gasteiger partial charge is 0.306 e. The van der Waals surface area contributed by atoms with E-state index in [2.05, 4.69) is 43.5 Å². The van der Waals surface area contributed by atoms with Crippen LogP contribution in [-0.4, -0.2) is 22.7 Å². The summed E-state index contributed by atoms with van der Waals surface area (Å²) < 4.78 is 0. The molecule has 1 aromatic carbocycles. The molecular formula is C16H23N3O. The molecular weight excluding hydrogens is 250 g/mol. The lowest BCUT2D eigenvalue weighted by atomic mass is 9.81. The van der Waals surface area contributed by atoms with Gasteiger partial charge in [0.15, 0.2) is 0 Å². The average molecular weight is 273 g/mol. The summed E-state index contributed by atoms with van der Waals surface area (Å²) in [5, 5.41) is 7.92. The van der Waals surface area contributed by atoms with Crippen LogP contribution in [-0.2, 0) is 0 Å². The van der Waals surface area contributed by atoms with Gasteiger partial charge in [0.05, 0.1) is 0 Å². The summed E-state index contributed by atoms with van der Waals surface area (Å²) in [6.07, 6.45) is 1.68. The number of hydrogen-bond donors (Lipinski definition) is 2. The van der Waals surface area contributed by atoms with E-state index in [-0.39, 0.29) is 17.0 Å². The Hall–Kier alpha value is -1.68. The van der Waals surface area contributed by atoms with E-state index in [1.165, 1.54) is 0 Å². The van der Waals surface area contributed by atoms with Crippen LogP contribution in [0.5, 0.6) is 0 Å². The Morgan fingerprint density at radius 1 is 1.10 bits per heavy atom. The van der Waals surface area contributed by atoms with E-state index in [0.717, 1.165) is 18.6 Å². The van der Waals surface area contributed by atoms with E-state index in [4.69, 9.17) is 0 Å². The second-order valence-electron chi connectivity index (χ2n) is 6.73. The summed E-state index contributed by atoms with van der Waals surface area (Å²) >= 11 is 0. The molecule has 1 aliphatic heterocycles. The quantitative estimate of drug-likeness (QED) is 0.814. The fourth-order valence-corrected chi connectivity index (χ4v) is 2.95. The van der Waals surface area contributed by atoms with Gasteiger partial charge >= 0.3 is 0 Å². The van der Waals surface area contributed by atoms with E-state index in [1.54, 1.807) is 12.1 Å². The van der Waals surface area contributed by atoms with Crippen LogP contribution in [0.4, 0.5) is 0 Å². The van der Waals surface area contributed by atoms with Gasteiger partial charge in [-0.1, -0.05) is 18.2 Å². The second-order valence-corrected chi connectivity index (χ2v) is 6.73. The monoisotopic (exact) mass is 273 g/mol. The number of amides is 1. The maximum absolute atomic E-state index is 12.0. The normalized spacial score (nSPS) is 20.3. The SMILES string of the molecule is CC1(C)CC(=NNC(=O)c2ccccc2)CC(C)(C)N1. The molecule has 2 rings (SSSR count). The number of piperidine rings is 1. The molecule has 0 spiro atoms. The second kappa shape index (κ2) is 5.37. The van der Waals surface area contributed by atoms with Gasteiger partial charge in [-0.15, -0.1) is 0 Å². The number of rotatable bonds is 2. The van der Waals surface area contributed by atoms with Gasteiger partial charge in [-0.3, -0.25) is 4.79 Å². The van der Waals surface area contributed by atoms with Crippen LogP contribution in [0.3, 0.4) is 0 Å². The molecule has 1 fully saturated rings. The molecule has 1 heterocycles. The zero-order chi connectivity index (χ0) is 14.8. The Bertz CT molecular complexity index is 500. The predicted molar refractivity (Wildman–Crippen MR) is 81.9 cm³/mol. The summed E-state index contributed by atoms with van der Waals surface area (Å²) in [6, 6.07) is 9.15. The van der Waals surface area contributed by atoms with Crippen molar-refractivity contribution in [2.75, 3.05) is 0 Å². The minimum Gasteiger partial charge on any atom is -0.306 e. The van der Waals surface area contributed by atoms with Crippen LogP contribution in [0.15, 0.2) is 35.4 Å². The molecule has 108 valence electrons. The molecule has 1 aliphatic rings. The number of nitrogens with one attached hydrogen (secondary N) is 2. The summed E-state index contributed by atoms with van der Waals surface area (Å²) in [5.41, 5.74) is 4.32. The van der Waals surface area contributed by atoms with Crippen LogP contribution in [0.1, 0.15) is 50.9 Å². The molecule has 0 saturated carbocycles. The van der Waals surface area contributed by atoms with Crippen molar-refractivity contribution in [1.29, 1.82) is 0 Å². The van der Waals surface area contributed by atoms with Gasteiger partial charge in [-0.25, -0.2) is 5.43 Å². The van der Waals surface area contributed by atoms with E-state index in [1.807, 2.05) is 18.2 Å². The van der Waals surface area contributed by atoms with Gasteiger partial charge < -0.3 is 5.32 Å². The molecule has 0 aromatic heterocycles. The van der Waals surface area contributed by atoms with Crippen molar-refractivity contribution in [2.45, 2.75) is 51.6 Å². The molecule has 1 amide bonds. The Morgan fingerprint density at radius 2 is 1.65 bits per heavy atom. The fourth-order valence-electron chi connectivity index (χ4n) is 2.95. The fraction of sp³-hybridized carbons (Fsp3) is 0.500. The van der Waals surface area contributed by atoms with E-state index in [9.17, 15) is 4.79 Å². The van der Waals surface area contributed by atoms with Crippen LogP contribution in [0, 0.1) is 0 Å². The molecule has 0 atom stereocenters. The highest BCUT2D eigenvalue weighted by molar-refractivity contribution is 5.95. The van der Waals surface area contributed by atoms with Crippen molar-refractivity contribution in [3.8, 4) is 0 Å². The lowest BCUT2D eigenvalue weighted by Gasteiger charge is -2.43. The molecule has 0 radical (unpaired) electrons. The smallest absolute Gasteiger partial charge is 0.271 e. The average Bonchev–Trinajstić information content (AvgIpc) is 2.33. The predicted octanol–water partition coefficient (Wildman–Crippen LogP) is 2.71. The minimum atomic E-state index is -0.160. The molecule has 0 bridgehead atoms. The summed E-state index contributed by atoms with van der Waals surface area (Å²) in [7, 11) is 0. The van der Waals surface area contributed by atoms with Gasteiger partial charge in [0.25, 0.3) is 5.91 Å². The molecule has 0 unspecified atom stereocenters. The molecule has 4 heteroatoms. The van der Waals surface area contributed by atoms with Gasteiger partial charge in [0, 0.05) is 35.2 Å². The van der Waals surface area contributed by atoms with Gasteiger partial charge in [-0.2, -0.15) is 5.10 Å². The van der Waals surface area contributed by atoms with E-state index in [0.29, 0.717) is 5.56 Å². The third-order valence-electron chi connectivity index (χ3n) is 3.32. The van der Waals surface area contributed by atoms with Crippen molar-refractivity contribution in [2.24, 2.45) is 5.10 Å². The maximum atomic E-state index is 12.0. The highest BCUT2D eigenvalue weighted by Gasteiger charge is 2.35. The first kappa shape index (κ1) is 14.7. The standard InChI is InChI=1S/C16H23N3O/c1-15(2)10-13(11-16(3,4)19-15)17-18-14(20)12-8-6-5-7-9-12/h5-9,19H,10-11H2,1-4H3,(H,18,20). The zero-order valence-electron chi connectivity index (χ0n) is 12.7. The summed E-state index contributed by atoms with van der Waals surface area (Å²) in [4.78, 5) is 12.0. The van der Waals surface area contributed by atoms with Gasteiger partial charge in [0.1, 0.15) is 0 Å². The van der Waals surface area contributed by atoms with Crippen molar-refractivity contribution >= 4 is 11.6 Å². The molecule has 4 nitrogen and oxygen atoms in total. The first-order valence-corrected chi connectivity index (χ1v) is 6.98. The third kappa shape index (κ3) is 3.90. The van der Waals surface area contributed by atoms with Crippen LogP contribution in [0.25, 0.3) is 0 Å².